The van der Waals surface area contributed by atoms with E-state index >= 15 is 0 Å². The van der Waals surface area contributed by atoms with Gasteiger partial charge in [0, 0.05) is 12.2 Å². The fourth-order valence-corrected chi connectivity index (χ4v) is 2.14. The Hall–Kier alpha value is -2.16. The number of para-hydroxylation sites is 1. The summed E-state index contributed by atoms with van der Waals surface area (Å²) in [5.41, 5.74) is 2.12. The van der Waals surface area contributed by atoms with Crippen LogP contribution in [0.15, 0.2) is 53.5 Å². The zero-order chi connectivity index (χ0) is 18.1. The van der Waals surface area contributed by atoms with Crippen LogP contribution in [0.4, 0.5) is 10.1 Å². The van der Waals surface area contributed by atoms with E-state index in [1.807, 2.05) is 43.3 Å². The van der Waals surface area contributed by atoms with Gasteiger partial charge < -0.3 is 16.0 Å². The Morgan fingerprint density at radius 3 is 2.50 bits per heavy atom. The van der Waals surface area contributed by atoms with E-state index in [0.717, 1.165) is 11.3 Å². The summed E-state index contributed by atoms with van der Waals surface area (Å²) in [6.45, 7) is 4.73. The van der Waals surface area contributed by atoms with E-state index < -0.39 is 0 Å². The Morgan fingerprint density at radius 1 is 1.12 bits per heavy atom. The predicted octanol–water partition coefficient (Wildman–Crippen LogP) is 3.45. The maximum Gasteiger partial charge on any atom is 0.243 e. The van der Waals surface area contributed by atoms with Crippen molar-refractivity contribution in [3.63, 3.8) is 0 Å². The van der Waals surface area contributed by atoms with Crippen molar-refractivity contribution in [3.05, 3.63) is 65.5 Å². The number of nitrogens with one attached hydrogen (secondary N) is 3. The molecule has 0 saturated heterocycles. The number of carbonyl (C=O) groups excluding carboxylic acids is 1. The first-order valence-corrected chi connectivity index (χ1v) is 8.20. The van der Waals surface area contributed by atoms with Crippen LogP contribution in [0.25, 0.3) is 0 Å². The molecule has 3 N–H and O–H groups in total. The second kappa shape index (κ2) is 11.5. The van der Waals surface area contributed by atoms with Crippen LogP contribution in [-0.4, -0.2) is 25.0 Å². The van der Waals surface area contributed by atoms with E-state index in [0.29, 0.717) is 24.6 Å². The van der Waals surface area contributed by atoms with E-state index in [4.69, 9.17) is 0 Å². The zero-order valence-electron chi connectivity index (χ0n) is 14.9. The van der Waals surface area contributed by atoms with Gasteiger partial charge in [0.05, 0.1) is 13.1 Å². The second-order valence-electron chi connectivity index (χ2n) is 5.55. The lowest BCUT2D eigenvalue weighted by molar-refractivity contribution is -0.115. The van der Waals surface area contributed by atoms with Gasteiger partial charge in [-0.2, -0.15) is 0 Å². The molecule has 7 heteroatoms. The molecule has 140 valence electrons. The van der Waals surface area contributed by atoms with Gasteiger partial charge in [-0.15, -0.1) is 24.0 Å². The number of rotatable bonds is 6. The third-order valence-electron chi connectivity index (χ3n) is 3.47. The quantitative estimate of drug-likeness (QED) is 0.344. The van der Waals surface area contributed by atoms with Gasteiger partial charge in [0.1, 0.15) is 5.82 Å². The minimum Gasteiger partial charge on any atom is -0.357 e. The van der Waals surface area contributed by atoms with Crippen LogP contribution in [0.1, 0.15) is 18.1 Å². The maximum absolute atomic E-state index is 13.6. The Bertz CT molecular complexity index is 738. The molecule has 2 rings (SSSR count). The summed E-state index contributed by atoms with van der Waals surface area (Å²) < 4.78 is 13.6. The molecule has 0 spiro atoms. The smallest absolute Gasteiger partial charge is 0.243 e. The molecule has 1 amide bonds. The molecule has 0 aliphatic heterocycles. The molecule has 0 aliphatic carbocycles. The van der Waals surface area contributed by atoms with Gasteiger partial charge in [0.25, 0.3) is 0 Å². The molecule has 0 atom stereocenters. The van der Waals surface area contributed by atoms with E-state index in [-0.39, 0.29) is 42.2 Å². The van der Waals surface area contributed by atoms with Gasteiger partial charge in [0.15, 0.2) is 5.96 Å². The van der Waals surface area contributed by atoms with Gasteiger partial charge in [-0.05, 0) is 43.2 Å². The van der Waals surface area contributed by atoms with Gasteiger partial charge in [-0.1, -0.05) is 30.3 Å². The van der Waals surface area contributed by atoms with Crippen LogP contribution in [-0.2, 0) is 11.3 Å². The van der Waals surface area contributed by atoms with Crippen molar-refractivity contribution in [2.45, 2.75) is 20.4 Å². The average molecular weight is 470 g/mol. The average Bonchev–Trinajstić information content (AvgIpc) is 2.61. The molecule has 2 aromatic carbocycles. The SMILES string of the molecule is CCNC(=NCc1ccc(C)c(F)c1)NCC(=O)Nc1ccccc1.I. The van der Waals surface area contributed by atoms with E-state index in [1.165, 1.54) is 6.07 Å². The van der Waals surface area contributed by atoms with Crippen molar-refractivity contribution in [1.82, 2.24) is 10.6 Å². The molecular formula is C19H24FIN4O. The van der Waals surface area contributed by atoms with Crippen LogP contribution >= 0.6 is 24.0 Å². The van der Waals surface area contributed by atoms with Crippen molar-refractivity contribution in [2.24, 2.45) is 4.99 Å². The Balaban J connectivity index is 0.00000338. The summed E-state index contributed by atoms with van der Waals surface area (Å²) in [7, 11) is 0. The highest BCUT2D eigenvalue weighted by atomic mass is 127. The van der Waals surface area contributed by atoms with Crippen LogP contribution in [0, 0.1) is 12.7 Å². The monoisotopic (exact) mass is 470 g/mol. The Labute approximate surface area is 170 Å². The number of benzene rings is 2. The van der Waals surface area contributed by atoms with E-state index in [1.54, 1.807) is 13.0 Å². The first-order chi connectivity index (χ1) is 12.1. The van der Waals surface area contributed by atoms with Crippen molar-refractivity contribution in [2.75, 3.05) is 18.4 Å². The van der Waals surface area contributed by atoms with Crippen molar-refractivity contribution < 1.29 is 9.18 Å². The number of hydrogen-bond acceptors (Lipinski definition) is 2. The summed E-state index contributed by atoms with van der Waals surface area (Å²) in [6, 6.07) is 14.3. The number of anilines is 1. The van der Waals surface area contributed by atoms with Crippen LogP contribution in [0.3, 0.4) is 0 Å². The summed E-state index contributed by atoms with van der Waals surface area (Å²) in [5.74, 6) is 0.0952. The summed E-state index contributed by atoms with van der Waals surface area (Å²) in [5, 5.41) is 8.83. The largest absolute Gasteiger partial charge is 0.357 e. The third kappa shape index (κ3) is 7.38. The molecule has 0 heterocycles. The molecule has 5 nitrogen and oxygen atoms in total. The Morgan fingerprint density at radius 2 is 1.85 bits per heavy atom. The number of carbonyl (C=O) groups is 1. The number of halogens is 2. The normalized spacial score (nSPS) is 10.7. The minimum absolute atomic E-state index is 0. The van der Waals surface area contributed by atoms with Crippen LogP contribution in [0.5, 0.6) is 0 Å². The van der Waals surface area contributed by atoms with E-state index in [2.05, 4.69) is 20.9 Å². The number of nitrogens with zero attached hydrogens (tertiary/aromatic N) is 1. The molecular weight excluding hydrogens is 446 g/mol. The van der Waals surface area contributed by atoms with Gasteiger partial charge in [0.2, 0.25) is 5.91 Å². The van der Waals surface area contributed by atoms with Gasteiger partial charge in [-0.3, -0.25) is 4.79 Å². The molecule has 0 saturated carbocycles. The van der Waals surface area contributed by atoms with Crippen molar-refractivity contribution in [1.29, 1.82) is 0 Å². The van der Waals surface area contributed by atoms with E-state index in [9.17, 15) is 9.18 Å². The summed E-state index contributed by atoms with van der Waals surface area (Å²) in [4.78, 5) is 16.4. The standard InChI is InChI=1S/C19H23FN4O.HI/c1-3-21-19(22-12-15-10-9-14(2)17(20)11-15)23-13-18(25)24-16-7-5-4-6-8-16;/h4-11H,3,12-13H2,1-2H3,(H,24,25)(H2,21,22,23);1H. The molecule has 0 aromatic heterocycles. The number of aryl methyl sites for hydroxylation is 1. The van der Waals surface area contributed by atoms with Crippen molar-refractivity contribution >= 4 is 41.5 Å². The minimum atomic E-state index is -0.243. The topological polar surface area (TPSA) is 65.5 Å². The lowest BCUT2D eigenvalue weighted by Gasteiger charge is -2.11. The second-order valence-corrected chi connectivity index (χ2v) is 5.55. The molecule has 0 radical (unpaired) electrons. The highest BCUT2D eigenvalue weighted by Crippen LogP contribution is 2.10. The Kier molecular flexibility index (Phi) is 9.64. The third-order valence-corrected chi connectivity index (χ3v) is 3.47. The number of hydrogen-bond donors (Lipinski definition) is 3. The molecule has 26 heavy (non-hydrogen) atoms. The summed E-state index contributed by atoms with van der Waals surface area (Å²) >= 11 is 0. The van der Waals surface area contributed by atoms with Gasteiger partial charge >= 0.3 is 0 Å². The lowest BCUT2D eigenvalue weighted by Crippen LogP contribution is -2.41. The number of guanidine groups is 1. The fraction of sp³-hybridized carbons (Fsp3) is 0.263. The van der Waals surface area contributed by atoms with Crippen molar-refractivity contribution in [3.8, 4) is 0 Å². The highest BCUT2D eigenvalue weighted by molar-refractivity contribution is 14.0. The molecule has 0 bridgehead atoms. The molecule has 0 fully saturated rings. The number of aliphatic imine (C=N–C) groups is 1. The molecule has 2 aromatic rings. The highest BCUT2D eigenvalue weighted by Gasteiger charge is 2.05. The maximum atomic E-state index is 13.6. The molecule has 0 aliphatic rings. The predicted molar refractivity (Wildman–Crippen MR) is 114 cm³/mol. The van der Waals surface area contributed by atoms with Gasteiger partial charge in [-0.25, -0.2) is 9.38 Å². The first-order valence-electron chi connectivity index (χ1n) is 8.20. The first kappa shape index (κ1) is 21.9. The number of amides is 1. The fourth-order valence-electron chi connectivity index (χ4n) is 2.14. The summed E-state index contributed by atoms with van der Waals surface area (Å²) in [6.07, 6.45) is 0. The van der Waals surface area contributed by atoms with Crippen LogP contribution < -0.4 is 16.0 Å². The zero-order valence-corrected chi connectivity index (χ0v) is 17.2. The lowest BCUT2D eigenvalue weighted by atomic mass is 10.1. The van der Waals surface area contributed by atoms with Crippen LogP contribution in [0.2, 0.25) is 0 Å². The molecule has 0 unspecified atom stereocenters.